The number of carbonyl (C=O) groups is 1. The highest BCUT2D eigenvalue weighted by Gasteiger charge is 2.24. The topological polar surface area (TPSA) is 51.2 Å². The molecular weight excluding hydrogens is 499 g/mol. The number of benzene rings is 3. The molecule has 3 aromatic rings. The number of nitrogens with zero attached hydrogens (tertiary/aromatic N) is 2. The molecule has 1 atom stereocenters. The minimum Gasteiger partial charge on any atom is -0.497 e. The lowest BCUT2D eigenvalue weighted by Gasteiger charge is -2.36. The van der Waals surface area contributed by atoms with Crippen molar-refractivity contribution in [1.82, 2.24) is 9.80 Å². The van der Waals surface area contributed by atoms with E-state index < -0.39 is 0 Å². The van der Waals surface area contributed by atoms with Crippen molar-refractivity contribution in [2.45, 2.75) is 12.7 Å². The summed E-state index contributed by atoms with van der Waals surface area (Å²) in [7, 11) is 1.66. The van der Waals surface area contributed by atoms with Crippen LogP contribution in [0.1, 0.15) is 17.2 Å². The zero-order chi connectivity index (χ0) is 25.3. The highest BCUT2D eigenvalue weighted by molar-refractivity contribution is 6.30. The number of methoxy groups -OCH3 is 1. The predicted molar refractivity (Wildman–Crippen MR) is 142 cm³/mol. The van der Waals surface area contributed by atoms with Gasteiger partial charge in [-0.3, -0.25) is 9.69 Å². The normalized spacial score (nSPS) is 14.9. The first kappa shape index (κ1) is 26.3. The molecule has 6 nitrogen and oxygen atoms in total. The van der Waals surface area contributed by atoms with Crippen LogP contribution in [0.15, 0.2) is 72.8 Å². The second-order valence-electron chi connectivity index (χ2n) is 8.63. The quantitative estimate of drug-likeness (QED) is 0.348. The van der Waals surface area contributed by atoms with E-state index in [9.17, 15) is 4.79 Å². The molecule has 1 saturated heterocycles. The number of hydrogen-bond acceptors (Lipinski definition) is 5. The van der Waals surface area contributed by atoms with E-state index >= 15 is 0 Å². The van der Waals surface area contributed by atoms with Gasteiger partial charge in [0.25, 0.3) is 5.91 Å². The van der Waals surface area contributed by atoms with Crippen LogP contribution in [0.4, 0.5) is 0 Å². The van der Waals surface area contributed by atoms with Gasteiger partial charge in [-0.25, -0.2) is 0 Å². The highest BCUT2D eigenvalue weighted by atomic mass is 35.5. The van der Waals surface area contributed by atoms with Gasteiger partial charge in [0, 0.05) is 42.8 Å². The van der Waals surface area contributed by atoms with Crippen LogP contribution in [0.25, 0.3) is 0 Å². The molecule has 0 spiro atoms. The molecule has 1 fully saturated rings. The average molecular weight is 529 g/mol. The molecule has 0 radical (unpaired) electrons. The summed E-state index contributed by atoms with van der Waals surface area (Å²) < 4.78 is 17.3. The maximum atomic E-state index is 12.6. The third-order valence-corrected chi connectivity index (χ3v) is 6.66. The Bertz CT molecular complexity index is 1120. The number of halogens is 2. The van der Waals surface area contributed by atoms with Crippen molar-refractivity contribution in [2.75, 3.05) is 46.4 Å². The van der Waals surface area contributed by atoms with Crippen LogP contribution in [0, 0.1) is 0 Å². The molecule has 1 aliphatic heterocycles. The smallest absolute Gasteiger partial charge is 0.260 e. The third-order valence-electron chi connectivity index (χ3n) is 6.15. The number of piperazine rings is 1. The van der Waals surface area contributed by atoms with Gasteiger partial charge in [0.2, 0.25) is 0 Å². The van der Waals surface area contributed by atoms with Crippen molar-refractivity contribution in [3.63, 3.8) is 0 Å². The second-order valence-corrected chi connectivity index (χ2v) is 9.50. The second kappa shape index (κ2) is 13.0. The summed E-state index contributed by atoms with van der Waals surface area (Å²) in [5.74, 6) is 1.42. The van der Waals surface area contributed by atoms with Crippen LogP contribution >= 0.6 is 23.2 Å². The molecule has 0 aliphatic carbocycles. The van der Waals surface area contributed by atoms with E-state index in [4.69, 9.17) is 37.4 Å². The van der Waals surface area contributed by atoms with Crippen molar-refractivity contribution in [1.29, 1.82) is 0 Å². The Labute approximate surface area is 222 Å². The first-order valence-corrected chi connectivity index (χ1v) is 12.6. The van der Waals surface area contributed by atoms with Gasteiger partial charge in [0.15, 0.2) is 6.61 Å². The minimum atomic E-state index is -0.135. The largest absolute Gasteiger partial charge is 0.497 e. The van der Waals surface area contributed by atoms with Crippen LogP contribution in [0.3, 0.4) is 0 Å². The standard InChI is InChI=1S/C28H30Cl2N2O4/c1-34-26-4-2-3-21(17-26)19-36-27(22-5-7-23(29)8-6-22)18-31-13-15-32(16-14-31)28(33)20-35-25-11-9-24(30)10-12-25/h2-12,17,27H,13-16,18-20H2,1H3. The van der Waals surface area contributed by atoms with E-state index in [0.717, 1.165) is 36.5 Å². The molecule has 36 heavy (non-hydrogen) atoms. The van der Waals surface area contributed by atoms with Crippen LogP contribution in [0.2, 0.25) is 10.0 Å². The van der Waals surface area contributed by atoms with E-state index in [1.54, 1.807) is 31.4 Å². The maximum Gasteiger partial charge on any atom is 0.260 e. The fourth-order valence-electron chi connectivity index (χ4n) is 4.07. The van der Waals surface area contributed by atoms with E-state index in [1.165, 1.54) is 0 Å². The van der Waals surface area contributed by atoms with E-state index in [2.05, 4.69) is 4.90 Å². The molecule has 0 saturated carbocycles. The van der Waals surface area contributed by atoms with E-state index in [1.807, 2.05) is 53.4 Å². The summed E-state index contributed by atoms with van der Waals surface area (Å²) >= 11 is 12.0. The molecule has 4 rings (SSSR count). The third kappa shape index (κ3) is 7.61. The zero-order valence-electron chi connectivity index (χ0n) is 20.2. The number of rotatable bonds is 10. The molecule has 0 bridgehead atoms. The van der Waals surface area contributed by atoms with Crippen molar-refractivity contribution in [2.24, 2.45) is 0 Å². The Kier molecular flexibility index (Phi) is 9.47. The molecule has 1 aliphatic rings. The monoisotopic (exact) mass is 528 g/mol. The zero-order valence-corrected chi connectivity index (χ0v) is 21.8. The molecule has 3 aromatic carbocycles. The van der Waals surface area contributed by atoms with Crippen LogP contribution in [-0.2, 0) is 16.1 Å². The Morgan fingerprint density at radius 3 is 2.22 bits per heavy atom. The Hall–Kier alpha value is -2.77. The number of carbonyl (C=O) groups excluding carboxylic acids is 1. The summed E-state index contributed by atoms with van der Waals surface area (Å²) in [5.41, 5.74) is 2.11. The fraction of sp³-hybridized carbons (Fsp3) is 0.321. The summed E-state index contributed by atoms with van der Waals surface area (Å²) in [6.45, 7) is 4.01. The van der Waals surface area contributed by atoms with Crippen LogP contribution < -0.4 is 9.47 Å². The molecule has 8 heteroatoms. The summed E-state index contributed by atoms with van der Waals surface area (Å²) in [6.07, 6.45) is -0.135. The minimum absolute atomic E-state index is 0.0126. The predicted octanol–water partition coefficient (Wildman–Crippen LogP) is 5.48. The summed E-state index contributed by atoms with van der Waals surface area (Å²) in [4.78, 5) is 16.8. The summed E-state index contributed by atoms with van der Waals surface area (Å²) in [6, 6.07) is 22.7. The molecular formula is C28H30Cl2N2O4. The fourth-order valence-corrected chi connectivity index (χ4v) is 4.32. The Morgan fingerprint density at radius 2 is 1.56 bits per heavy atom. The van der Waals surface area contributed by atoms with Gasteiger partial charge in [-0.15, -0.1) is 0 Å². The van der Waals surface area contributed by atoms with Crippen molar-refractivity contribution < 1.29 is 19.0 Å². The number of hydrogen-bond donors (Lipinski definition) is 0. The van der Waals surface area contributed by atoms with Gasteiger partial charge in [0.1, 0.15) is 11.5 Å². The molecule has 1 unspecified atom stereocenters. The van der Waals surface area contributed by atoms with Gasteiger partial charge in [0.05, 0.1) is 19.8 Å². The van der Waals surface area contributed by atoms with E-state index in [0.29, 0.717) is 35.5 Å². The van der Waals surface area contributed by atoms with Crippen molar-refractivity contribution >= 4 is 29.1 Å². The Morgan fingerprint density at radius 1 is 0.889 bits per heavy atom. The van der Waals surface area contributed by atoms with Crippen LogP contribution in [-0.4, -0.2) is 62.1 Å². The van der Waals surface area contributed by atoms with Crippen LogP contribution in [0.5, 0.6) is 11.5 Å². The van der Waals surface area contributed by atoms with Gasteiger partial charge >= 0.3 is 0 Å². The summed E-state index contributed by atoms with van der Waals surface area (Å²) in [5, 5.41) is 1.33. The first-order valence-electron chi connectivity index (χ1n) is 11.9. The average Bonchev–Trinajstić information content (AvgIpc) is 2.91. The molecule has 1 amide bonds. The number of amides is 1. The highest BCUT2D eigenvalue weighted by Crippen LogP contribution is 2.24. The Balaban J connectivity index is 1.31. The van der Waals surface area contributed by atoms with Gasteiger partial charge in [-0.05, 0) is 59.7 Å². The molecule has 1 heterocycles. The van der Waals surface area contributed by atoms with Gasteiger partial charge in [-0.2, -0.15) is 0 Å². The lowest BCUT2D eigenvalue weighted by atomic mass is 10.1. The lowest BCUT2D eigenvalue weighted by molar-refractivity contribution is -0.135. The van der Waals surface area contributed by atoms with Crippen molar-refractivity contribution in [3.8, 4) is 11.5 Å². The first-order chi connectivity index (χ1) is 17.5. The van der Waals surface area contributed by atoms with E-state index in [-0.39, 0.29) is 18.6 Å². The lowest BCUT2D eigenvalue weighted by Crippen LogP contribution is -2.50. The SMILES string of the molecule is COc1cccc(COC(CN2CCN(C(=O)COc3ccc(Cl)cc3)CC2)c2ccc(Cl)cc2)c1. The molecule has 0 N–H and O–H groups in total. The van der Waals surface area contributed by atoms with Crippen molar-refractivity contribution in [3.05, 3.63) is 94.0 Å². The maximum absolute atomic E-state index is 12.6. The molecule has 190 valence electrons. The van der Waals surface area contributed by atoms with Gasteiger partial charge < -0.3 is 19.1 Å². The van der Waals surface area contributed by atoms with Gasteiger partial charge in [-0.1, -0.05) is 47.5 Å². The number of ether oxygens (including phenoxy) is 3. The molecule has 0 aromatic heterocycles.